The Hall–Kier alpha value is -2.54. The molecule has 0 spiro atoms. The second-order valence-electron chi connectivity index (χ2n) is 4.64. The number of halogens is 1. The Morgan fingerprint density at radius 2 is 2.14 bits per heavy atom. The van der Waals surface area contributed by atoms with Gasteiger partial charge in [-0.25, -0.2) is 9.67 Å². The summed E-state index contributed by atoms with van der Waals surface area (Å²) in [6, 6.07) is 9.08. The van der Waals surface area contributed by atoms with Crippen LogP contribution in [-0.4, -0.2) is 25.7 Å². The van der Waals surface area contributed by atoms with Crippen molar-refractivity contribution in [3.05, 3.63) is 64.9 Å². The first-order valence-electron chi connectivity index (χ1n) is 6.52. The van der Waals surface area contributed by atoms with Gasteiger partial charge in [0, 0.05) is 16.4 Å². The first-order chi connectivity index (χ1) is 10.6. The Morgan fingerprint density at radius 3 is 2.82 bits per heavy atom. The molecule has 7 heteroatoms. The number of carbonyl (C=O) groups is 1. The zero-order valence-electron chi connectivity index (χ0n) is 11.7. The molecule has 110 valence electrons. The zero-order chi connectivity index (χ0) is 15.5. The summed E-state index contributed by atoms with van der Waals surface area (Å²) >= 11 is 3.41. The fourth-order valence-corrected chi connectivity index (χ4v) is 2.30. The van der Waals surface area contributed by atoms with E-state index in [4.69, 9.17) is 0 Å². The van der Waals surface area contributed by atoms with Gasteiger partial charge in [0.2, 0.25) is 0 Å². The van der Waals surface area contributed by atoms with Crippen molar-refractivity contribution in [1.29, 1.82) is 0 Å². The van der Waals surface area contributed by atoms with Crippen LogP contribution in [0.4, 0.5) is 5.69 Å². The second kappa shape index (κ2) is 6.07. The molecule has 2 heterocycles. The largest absolute Gasteiger partial charge is 0.320 e. The van der Waals surface area contributed by atoms with Crippen LogP contribution in [0.1, 0.15) is 16.1 Å². The summed E-state index contributed by atoms with van der Waals surface area (Å²) in [7, 11) is 0. The summed E-state index contributed by atoms with van der Waals surface area (Å²) in [5.41, 5.74) is 2.72. The average molecular weight is 358 g/mol. The predicted octanol–water partition coefficient (Wildman–Crippen LogP) is 2.99. The lowest BCUT2D eigenvalue weighted by Gasteiger charge is -2.11. The third kappa shape index (κ3) is 3.04. The topological polar surface area (TPSA) is 72.7 Å². The maximum absolute atomic E-state index is 12.3. The maximum Gasteiger partial charge on any atom is 0.257 e. The van der Waals surface area contributed by atoms with Gasteiger partial charge in [-0.1, -0.05) is 15.9 Å². The van der Waals surface area contributed by atoms with Crippen LogP contribution >= 0.6 is 15.9 Å². The number of hydrogen-bond acceptors (Lipinski definition) is 4. The van der Waals surface area contributed by atoms with Crippen molar-refractivity contribution < 1.29 is 4.79 Å². The second-order valence-corrected chi connectivity index (χ2v) is 5.56. The fraction of sp³-hybridized carbons (Fsp3) is 0.0667. The van der Waals surface area contributed by atoms with Crippen LogP contribution in [0.5, 0.6) is 0 Å². The first kappa shape index (κ1) is 14.4. The number of rotatable bonds is 3. The number of aromatic nitrogens is 4. The number of nitrogens with zero attached hydrogens (tertiary/aromatic N) is 4. The van der Waals surface area contributed by atoms with Gasteiger partial charge >= 0.3 is 0 Å². The predicted molar refractivity (Wildman–Crippen MR) is 86.0 cm³/mol. The highest BCUT2D eigenvalue weighted by atomic mass is 79.9. The van der Waals surface area contributed by atoms with Crippen molar-refractivity contribution in [2.45, 2.75) is 6.92 Å². The van der Waals surface area contributed by atoms with E-state index in [-0.39, 0.29) is 5.91 Å². The van der Waals surface area contributed by atoms with Gasteiger partial charge in [-0.2, -0.15) is 5.10 Å². The van der Waals surface area contributed by atoms with Crippen molar-refractivity contribution >= 4 is 27.5 Å². The number of carbonyl (C=O) groups excluding carboxylic acids is 1. The lowest BCUT2D eigenvalue weighted by Crippen LogP contribution is -2.14. The molecular formula is C15H12BrN5O. The number of anilines is 1. The van der Waals surface area contributed by atoms with Gasteiger partial charge < -0.3 is 5.32 Å². The van der Waals surface area contributed by atoms with Crippen LogP contribution in [0.2, 0.25) is 0 Å². The van der Waals surface area contributed by atoms with Gasteiger partial charge in [-0.15, -0.1) is 0 Å². The zero-order valence-corrected chi connectivity index (χ0v) is 13.3. The summed E-state index contributed by atoms with van der Waals surface area (Å²) in [5, 5.41) is 6.97. The summed E-state index contributed by atoms with van der Waals surface area (Å²) < 4.78 is 2.45. The highest BCUT2D eigenvalue weighted by Crippen LogP contribution is 2.24. The molecule has 3 aromatic rings. The Balaban J connectivity index is 1.93. The van der Waals surface area contributed by atoms with E-state index >= 15 is 0 Å². The molecule has 0 radical (unpaired) electrons. The van der Waals surface area contributed by atoms with Crippen molar-refractivity contribution in [3.63, 3.8) is 0 Å². The van der Waals surface area contributed by atoms with E-state index in [9.17, 15) is 4.79 Å². The lowest BCUT2D eigenvalue weighted by molar-refractivity contribution is 0.102. The smallest absolute Gasteiger partial charge is 0.257 e. The summed E-state index contributed by atoms with van der Waals surface area (Å²) in [4.78, 5) is 20.4. The van der Waals surface area contributed by atoms with Gasteiger partial charge in [0.1, 0.15) is 12.7 Å². The van der Waals surface area contributed by atoms with E-state index in [2.05, 4.69) is 36.3 Å². The number of pyridine rings is 1. The third-order valence-electron chi connectivity index (χ3n) is 3.05. The molecule has 1 aromatic carbocycles. The van der Waals surface area contributed by atoms with Gasteiger partial charge in [0.15, 0.2) is 0 Å². The minimum Gasteiger partial charge on any atom is -0.320 e. The van der Waals surface area contributed by atoms with Crippen molar-refractivity contribution in [2.75, 3.05) is 5.32 Å². The molecule has 0 saturated heterocycles. The SMILES string of the molecule is Cc1ccc(C(=O)Nc2cc(Br)ccc2-n2cncn2)cn1. The molecule has 6 nitrogen and oxygen atoms in total. The quantitative estimate of drug-likeness (QED) is 0.781. The maximum atomic E-state index is 12.3. The number of benzene rings is 1. The van der Waals surface area contributed by atoms with Gasteiger partial charge in [-0.05, 0) is 37.3 Å². The third-order valence-corrected chi connectivity index (χ3v) is 3.54. The van der Waals surface area contributed by atoms with Gasteiger partial charge in [0.25, 0.3) is 5.91 Å². The molecule has 0 saturated carbocycles. The van der Waals surface area contributed by atoms with Crippen molar-refractivity contribution in [3.8, 4) is 5.69 Å². The van der Waals surface area contributed by atoms with E-state index < -0.39 is 0 Å². The van der Waals surface area contributed by atoms with E-state index in [0.717, 1.165) is 15.9 Å². The van der Waals surface area contributed by atoms with E-state index in [1.807, 2.05) is 25.1 Å². The molecule has 2 aromatic heterocycles. The van der Waals surface area contributed by atoms with Gasteiger partial charge in [-0.3, -0.25) is 9.78 Å². The number of hydrogen-bond donors (Lipinski definition) is 1. The van der Waals surface area contributed by atoms with E-state index in [1.54, 1.807) is 29.3 Å². The van der Waals surface area contributed by atoms with Gasteiger partial charge in [0.05, 0.1) is 16.9 Å². The monoisotopic (exact) mass is 357 g/mol. The number of aryl methyl sites for hydroxylation is 1. The molecule has 0 bridgehead atoms. The molecule has 0 fully saturated rings. The molecule has 22 heavy (non-hydrogen) atoms. The van der Waals surface area contributed by atoms with Crippen LogP contribution < -0.4 is 5.32 Å². The Bertz CT molecular complexity index is 799. The summed E-state index contributed by atoms with van der Waals surface area (Å²) in [6.45, 7) is 1.87. The molecular weight excluding hydrogens is 346 g/mol. The average Bonchev–Trinajstić information content (AvgIpc) is 3.02. The Morgan fingerprint density at radius 1 is 1.27 bits per heavy atom. The Labute approximate surface area is 135 Å². The number of nitrogens with one attached hydrogen (secondary N) is 1. The molecule has 0 aliphatic rings. The van der Waals surface area contributed by atoms with Crippen LogP contribution in [0.3, 0.4) is 0 Å². The molecule has 0 aliphatic carbocycles. The van der Waals surface area contributed by atoms with E-state index in [1.165, 1.54) is 6.33 Å². The first-order valence-corrected chi connectivity index (χ1v) is 7.31. The Kier molecular flexibility index (Phi) is 3.97. The highest BCUT2D eigenvalue weighted by molar-refractivity contribution is 9.10. The molecule has 3 rings (SSSR count). The van der Waals surface area contributed by atoms with Crippen molar-refractivity contribution in [2.24, 2.45) is 0 Å². The lowest BCUT2D eigenvalue weighted by atomic mass is 10.2. The minimum absolute atomic E-state index is 0.230. The molecule has 0 unspecified atom stereocenters. The fourth-order valence-electron chi connectivity index (χ4n) is 1.94. The van der Waals surface area contributed by atoms with Crippen LogP contribution in [0, 0.1) is 6.92 Å². The normalized spacial score (nSPS) is 10.5. The van der Waals surface area contributed by atoms with Crippen molar-refractivity contribution in [1.82, 2.24) is 19.7 Å². The molecule has 1 N–H and O–H groups in total. The van der Waals surface area contributed by atoms with Crippen LogP contribution in [-0.2, 0) is 0 Å². The summed E-state index contributed by atoms with van der Waals surface area (Å²) in [6.07, 6.45) is 4.57. The summed E-state index contributed by atoms with van der Waals surface area (Å²) in [5.74, 6) is -0.230. The van der Waals surface area contributed by atoms with Crippen LogP contribution in [0.25, 0.3) is 5.69 Å². The van der Waals surface area contributed by atoms with E-state index in [0.29, 0.717) is 11.3 Å². The standard InChI is InChI=1S/C15H12BrN5O/c1-10-2-3-11(7-18-10)15(22)20-13-6-12(16)4-5-14(13)21-9-17-8-19-21/h2-9H,1H3,(H,20,22). The molecule has 0 aliphatic heterocycles. The molecule has 0 atom stereocenters. The highest BCUT2D eigenvalue weighted by Gasteiger charge is 2.11. The number of amides is 1. The minimum atomic E-state index is -0.230. The van der Waals surface area contributed by atoms with Crippen LogP contribution in [0.15, 0.2) is 53.7 Å². The molecule has 1 amide bonds.